The molecule has 19 heavy (non-hydrogen) atoms. The second-order valence-electron chi connectivity index (χ2n) is 5.06. The topological polar surface area (TPSA) is 29.9 Å². The first-order valence-electron chi connectivity index (χ1n) is 6.54. The lowest BCUT2D eigenvalue weighted by atomic mass is 9.94. The van der Waals surface area contributed by atoms with Crippen molar-refractivity contribution in [3.8, 4) is 0 Å². The molecule has 0 amide bonds. The molecule has 0 unspecified atom stereocenters. The van der Waals surface area contributed by atoms with E-state index in [-0.39, 0.29) is 0 Å². The third-order valence-electron chi connectivity index (χ3n) is 3.67. The average Bonchev–Trinajstić information content (AvgIpc) is 2.92. The monoisotopic (exact) mass is 291 g/mol. The fourth-order valence-electron chi connectivity index (χ4n) is 2.81. The normalized spacial score (nSPS) is 20.8. The lowest BCUT2D eigenvalue weighted by molar-refractivity contribution is -0.143. The van der Waals surface area contributed by atoms with Crippen molar-refractivity contribution in [3.05, 3.63) is 11.4 Å². The zero-order chi connectivity index (χ0) is 13.5. The van der Waals surface area contributed by atoms with Gasteiger partial charge in [0.1, 0.15) is 6.54 Å². The number of thioether (sulfide) groups is 1. The van der Waals surface area contributed by atoms with E-state index in [1.165, 1.54) is 4.68 Å². The molecular weight excluding hydrogens is 275 g/mol. The number of aromatic nitrogens is 2. The molecule has 0 aromatic carbocycles. The fourth-order valence-corrected chi connectivity index (χ4v) is 4.04. The molecule has 1 N–H and O–H groups in total. The molecule has 0 saturated carbocycles. The molecular formula is C12H16F3N3S. The largest absolute Gasteiger partial charge is 0.408 e. The Morgan fingerprint density at radius 2 is 2.05 bits per heavy atom. The highest BCUT2D eigenvalue weighted by atomic mass is 32.2. The lowest BCUT2D eigenvalue weighted by Gasteiger charge is -2.21. The molecule has 1 aromatic rings. The van der Waals surface area contributed by atoms with Crippen molar-refractivity contribution in [2.75, 3.05) is 18.8 Å². The molecule has 1 aromatic heterocycles. The Morgan fingerprint density at radius 1 is 1.32 bits per heavy atom. The highest BCUT2D eigenvalue weighted by Crippen LogP contribution is 2.40. The summed E-state index contributed by atoms with van der Waals surface area (Å²) >= 11 is 1.66. The summed E-state index contributed by atoms with van der Waals surface area (Å²) in [7, 11) is 0. The van der Waals surface area contributed by atoms with Gasteiger partial charge in [0.2, 0.25) is 0 Å². The number of rotatable bonds is 2. The van der Waals surface area contributed by atoms with Crippen LogP contribution in [0.1, 0.15) is 30.1 Å². The summed E-state index contributed by atoms with van der Waals surface area (Å²) in [4.78, 5) is 1.02. The van der Waals surface area contributed by atoms with Crippen LogP contribution in [0.2, 0.25) is 0 Å². The van der Waals surface area contributed by atoms with E-state index in [9.17, 15) is 13.2 Å². The van der Waals surface area contributed by atoms with E-state index >= 15 is 0 Å². The maximum atomic E-state index is 12.6. The molecule has 0 atom stereocenters. The highest BCUT2D eigenvalue weighted by molar-refractivity contribution is 7.99. The minimum Gasteiger partial charge on any atom is -0.317 e. The van der Waals surface area contributed by atoms with Crippen molar-refractivity contribution in [2.24, 2.45) is 0 Å². The van der Waals surface area contributed by atoms with Gasteiger partial charge >= 0.3 is 6.18 Å². The summed E-state index contributed by atoms with van der Waals surface area (Å²) in [6.45, 7) is 0.896. The Balaban J connectivity index is 1.90. The maximum absolute atomic E-state index is 12.6. The number of hydrogen-bond acceptors (Lipinski definition) is 3. The number of piperidine rings is 1. The van der Waals surface area contributed by atoms with Crippen LogP contribution in [-0.4, -0.2) is 34.8 Å². The maximum Gasteiger partial charge on any atom is 0.408 e. The molecule has 0 spiro atoms. The van der Waals surface area contributed by atoms with E-state index in [1.807, 2.05) is 0 Å². The van der Waals surface area contributed by atoms with Crippen molar-refractivity contribution in [2.45, 2.75) is 42.8 Å². The smallest absolute Gasteiger partial charge is 0.317 e. The first kappa shape index (κ1) is 13.3. The Kier molecular flexibility index (Phi) is 3.51. The highest BCUT2D eigenvalue weighted by Gasteiger charge is 2.34. The molecule has 1 fully saturated rings. The summed E-state index contributed by atoms with van der Waals surface area (Å²) in [5.74, 6) is 1.19. The second-order valence-corrected chi connectivity index (χ2v) is 6.16. The van der Waals surface area contributed by atoms with Crippen LogP contribution in [0.5, 0.6) is 0 Å². The van der Waals surface area contributed by atoms with Gasteiger partial charge in [-0.1, -0.05) is 0 Å². The van der Waals surface area contributed by atoms with E-state index in [1.54, 1.807) is 11.8 Å². The Hall–Kier alpha value is -0.690. The van der Waals surface area contributed by atoms with Crippen molar-refractivity contribution < 1.29 is 13.2 Å². The van der Waals surface area contributed by atoms with Crippen molar-refractivity contribution in [1.29, 1.82) is 0 Å². The zero-order valence-corrected chi connectivity index (χ0v) is 11.3. The minimum absolute atomic E-state index is 0.315. The van der Waals surface area contributed by atoms with Gasteiger partial charge < -0.3 is 5.32 Å². The average molecular weight is 291 g/mol. The van der Waals surface area contributed by atoms with Crippen LogP contribution in [0.3, 0.4) is 0 Å². The van der Waals surface area contributed by atoms with Crippen molar-refractivity contribution in [3.63, 3.8) is 0 Å². The van der Waals surface area contributed by atoms with Crippen LogP contribution in [0, 0.1) is 0 Å². The van der Waals surface area contributed by atoms with Gasteiger partial charge in [0.05, 0.1) is 16.3 Å². The molecule has 0 radical (unpaired) electrons. The first-order chi connectivity index (χ1) is 9.04. The number of halogens is 3. The van der Waals surface area contributed by atoms with Gasteiger partial charge in [-0.2, -0.15) is 18.3 Å². The Morgan fingerprint density at radius 3 is 2.74 bits per heavy atom. The Labute approximate surface area is 113 Å². The van der Waals surface area contributed by atoms with Gasteiger partial charge in [0, 0.05) is 11.7 Å². The molecule has 0 bridgehead atoms. The molecule has 1 saturated heterocycles. The van der Waals surface area contributed by atoms with Gasteiger partial charge in [0.25, 0.3) is 0 Å². The molecule has 3 rings (SSSR count). The number of alkyl halides is 3. The SMILES string of the molecule is FC(F)(F)Cn1nc(C2CCNCC2)c2c1CCS2. The Bertz CT molecular complexity index is 464. The minimum atomic E-state index is -4.20. The number of hydrogen-bond donors (Lipinski definition) is 1. The van der Waals surface area contributed by atoms with Crippen molar-refractivity contribution >= 4 is 11.8 Å². The third-order valence-corrected chi connectivity index (χ3v) is 4.82. The van der Waals surface area contributed by atoms with Gasteiger partial charge in [-0.15, -0.1) is 11.8 Å². The van der Waals surface area contributed by atoms with E-state index in [0.29, 0.717) is 12.3 Å². The van der Waals surface area contributed by atoms with E-state index in [4.69, 9.17) is 0 Å². The molecule has 3 nitrogen and oxygen atoms in total. The predicted octanol–water partition coefficient (Wildman–Crippen LogP) is 2.56. The van der Waals surface area contributed by atoms with Crippen LogP contribution < -0.4 is 5.32 Å². The number of fused-ring (bicyclic) bond motifs is 1. The summed E-state index contributed by atoms with van der Waals surface area (Å²) in [5.41, 5.74) is 1.69. The molecule has 3 heterocycles. The summed E-state index contributed by atoms with van der Waals surface area (Å²) in [6.07, 6.45) is -1.56. The lowest BCUT2D eigenvalue weighted by Crippen LogP contribution is -2.27. The number of nitrogens with one attached hydrogen (secondary N) is 1. The molecule has 106 valence electrons. The van der Waals surface area contributed by atoms with E-state index in [0.717, 1.165) is 48.0 Å². The molecule has 2 aliphatic rings. The molecule has 0 aliphatic carbocycles. The van der Waals surface area contributed by atoms with Gasteiger partial charge in [0.15, 0.2) is 0 Å². The zero-order valence-electron chi connectivity index (χ0n) is 10.5. The van der Waals surface area contributed by atoms with E-state index in [2.05, 4.69) is 10.4 Å². The van der Waals surface area contributed by atoms with Gasteiger partial charge in [-0.05, 0) is 32.4 Å². The predicted molar refractivity (Wildman–Crippen MR) is 67.6 cm³/mol. The van der Waals surface area contributed by atoms with Crippen LogP contribution in [-0.2, 0) is 13.0 Å². The van der Waals surface area contributed by atoms with Crippen molar-refractivity contribution in [1.82, 2.24) is 15.1 Å². The third kappa shape index (κ3) is 2.76. The second kappa shape index (κ2) is 5.01. The standard InChI is InChI=1S/C12H16F3N3S/c13-12(14,15)7-18-9-3-6-19-11(9)10(17-18)8-1-4-16-5-2-8/h8,16H,1-7H2. The first-order valence-corrected chi connectivity index (χ1v) is 7.53. The summed E-state index contributed by atoms with van der Waals surface area (Å²) in [5, 5.41) is 7.56. The molecule has 2 aliphatic heterocycles. The number of nitrogens with zero attached hydrogens (tertiary/aromatic N) is 2. The van der Waals surface area contributed by atoms with Gasteiger partial charge in [-0.3, -0.25) is 4.68 Å². The quantitative estimate of drug-likeness (QED) is 0.908. The summed E-state index contributed by atoms with van der Waals surface area (Å²) < 4.78 is 38.9. The fraction of sp³-hybridized carbons (Fsp3) is 0.750. The summed E-state index contributed by atoms with van der Waals surface area (Å²) in [6, 6.07) is 0. The van der Waals surface area contributed by atoms with Crippen LogP contribution in [0.4, 0.5) is 13.2 Å². The molecule has 7 heteroatoms. The van der Waals surface area contributed by atoms with Crippen LogP contribution in [0.15, 0.2) is 4.90 Å². The van der Waals surface area contributed by atoms with E-state index < -0.39 is 12.7 Å². The van der Waals surface area contributed by atoms with Crippen LogP contribution in [0.25, 0.3) is 0 Å². The van der Waals surface area contributed by atoms with Crippen LogP contribution >= 0.6 is 11.8 Å². The van der Waals surface area contributed by atoms with Gasteiger partial charge in [-0.25, -0.2) is 0 Å².